The molecular formula is C46H50N4O5. The van der Waals surface area contributed by atoms with Crippen molar-refractivity contribution >= 4 is 23.4 Å². The summed E-state index contributed by atoms with van der Waals surface area (Å²) in [6.07, 6.45) is 7.15. The Labute approximate surface area is 323 Å². The van der Waals surface area contributed by atoms with Crippen molar-refractivity contribution in [2.75, 3.05) is 44.2 Å². The van der Waals surface area contributed by atoms with Gasteiger partial charge in [0.1, 0.15) is 17.5 Å². The summed E-state index contributed by atoms with van der Waals surface area (Å²) in [6, 6.07) is 30.0. The molecule has 2 N–H and O–H groups in total. The van der Waals surface area contributed by atoms with Gasteiger partial charge >= 0.3 is 0 Å². The maximum absolute atomic E-state index is 13.4. The van der Waals surface area contributed by atoms with E-state index < -0.39 is 17.9 Å². The van der Waals surface area contributed by atoms with E-state index in [9.17, 15) is 19.5 Å². The molecule has 284 valence electrons. The molecule has 0 bridgehead atoms. The predicted molar refractivity (Wildman–Crippen MR) is 214 cm³/mol. The van der Waals surface area contributed by atoms with Gasteiger partial charge in [-0.25, -0.2) is 0 Å². The number of ether oxygens (including phenoxy) is 1. The van der Waals surface area contributed by atoms with Crippen LogP contribution in [0.3, 0.4) is 0 Å². The smallest absolute Gasteiger partial charge is 0.262 e. The lowest BCUT2D eigenvalue weighted by Crippen LogP contribution is -2.51. The lowest BCUT2D eigenvalue weighted by atomic mass is 9.69. The van der Waals surface area contributed by atoms with Crippen LogP contribution in [0.1, 0.15) is 99.8 Å². The van der Waals surface area contributed by atoms with E-state index in [4.69, 9.17) is 4.74 Å². The minimum Gasteiger partial charge on any atom is -0.508 e. The molecule has 4 aromatic rings. The molecule has 9 nitrogen and oxygen atoms in total. The number of fused-ring (bicyclic) bond motifs is 2. The average molecular weight is 739 g/mol. The monoisotopic (exact) mass is 738 g/mol. The molecule has 0 radical (unpaired) electrons. The Balaban J connectivity index is 0.795. The second kappa shape index (κ2) is 16.1. The van der Waals surface area contributed by atoms with Gasteiger partial charge < -0.3 is 25.0 Å². The van der Waals surface area contributed by atoms with E-state index in [2.05, 4.69) is 82.4 Å². The number of hydrogen-bond donors (Lipinski definition) is 2. The number of phenolic OH excluding ortho intramolecular Hbond substituents is 1. The summed E-state index contributed by atoms with van der Waals surface area (Å²) in [5, 5.41) is 12.9. The molecule has 4 aliphatic rings. The standard InChI is InChI=1S/C46H50N4O5/c1-31-11-22-42(44(52)47-31)50-45(53)40-20-15-35(30-41(40)46(50)54)49-25-8-24-48(26-27-49)23-6-3-7-28-55-37-17-12-33(13-18-37)43-38(32-9-4-2-5-10-32)19-14-34-29-36(51)16-21-39(34)43/h2,4-5,9-10,12-13,15-18,20-21,29-30,38,42-43,51H,1,3,6-8,11,14,19,22-28H2,(H,47,52)/t38-,42?,43+/m0/s1. The lowest BCUT2D eigenvalue weighted by molar-refractivity contribution is -0.125. The van der Waals surface area contributed by atoms with Crippen molar-refractivity contribution in [3.8, 4) is 11.5 Å². The first kappa shape index (κ1) is 36.6. The number of allylic oxidation sites excluding steroid dienone is 1. The predicted octanol–water partition coefficient (Wildman–Crippen LogP) is 7.40. The zero-order chi connectivity index (χ0) is 37.9. The number of aryl methyl sites for hydroxylation is 1. The molecule has 3 aliphatic heterocycles. The van der Waals surface area contributed by atoms with Crippen molar-refractivity contribution in [2.45, 2.75) is 69.2 Å². The highest BCUT2D eigenvalue weighted by Gasteiger charge is 2.44. The largest absolute Gasteiger partial charge is 0.508 e. The summed E-state index contributed by atoms with van der Waals surface area (Å²) >= 11 is 0. The first-order chi connectivity index (χ1) is 26.8. The van der Waals surface area contributed by atoms with Crippen LogP contribution in [0.4, 0.5) is 5.69 Å². The summed E-state index contributed by atoms with van der Waals surface area (Å²) < 4.78 is 6.19. The Morgan fingerprint density at radius 3 is 2.40 bits per heavy atom. The third-order valence-electron chi connectivity index (χ3n) is 11.9. The van der Waals surface area contributed by atoms with Crippen molar-refractivity contribution in [1.82, 2.24) is 15.1 Å². The summed E-state index contributed by atoms with van der Waals surface area (Å²) in [5.74, 6) is 0.686. The number of rotatable bonds is 11. The van der Waals surface area contributed by atoms with Crippen LogP contribution in [-0.4, -0.2) is 78.0 Å². The molecule has 55 heavy (non-hydrogen) atoms. The molecule has 0 saturated carbocycles. The fourth-order valence-corrected chi connectivity index (χ4v) is 9.04. The number of aromatic hydroxyl groups is 1. The fourth-order valence-electron chi connectivity index (χ4n) is 9.04. The van der Waals surface area contributed by atoms with Gasteiger partial charge in [-0.1, -0.05) is 55.1 Å². The highest BCUT2D eigenvalue weighted by molar-refractivity contribution is 6.23. The lowest BCUT2D eigenvalue weighted by Gasteiger charge is -2.34. The van der Waals surface area contributed by atoms with Crippen molar-refractivity contribution in [3.05, 3.63) is 137 Å². The Kier molecular flexibility index (Phi) is 10.7. The number of benzene rings is 4. The molecule has 3 amide bonds. The van der Waals surface area contributed by atoms with Crippen LogP contribution in [0.15, 0.2) is 103 Å². The number of piperidine rings is 1. The Hall–Kier alpha value is -5.41. The number of anilines is 1. The molecule has 3 heterocycles. The number of nitrogens with one attached hydrogen (secondary N) is 1. The number of carbonyl (C=O) groups excluding carboxylic acids is 3. The maximum atomic E-state index is 13.4. The topological polar surface area (TPSA) is 102 Å². The second-order valence-corrected chi connectivity index (χ2v) is 15.4. The van der Waals surface area contributed by atoms with Crippen molar-refractivity contribution in [1.29, 1.82) is 0 Å². The molecule has 2 fully saturated rings. The normalized spacial score (nSPS) is 21.6. The van der Waals surface area contributed by atoms with Gasteiger partial charge in [-0.15, -0.1) is 0 Å². The molecular weight excluding hydrogens is 689 g/mol. The van der Waals surface area contributed by atoms with Crippen LogP contribution in [0.25, 0.3) is 0 Å². The third kappa shape index (κ3) is 7.76. The molecule has 1 aliphatic carbocycles. The minimum absolute atomic E-state index is 0.222. The molecule has 9 heteroatoms. The molecule has 2 saturated heterocycles. The number of imide groups is 1. The molecule has 3 atom stereocenters. The van der Waals surface area contributed by atoms with E-state index in [1.54, 1.807) is 6.07 Å². The minimum atomic E-state index is -0.802. The van der Waals surface area contributed by atoms with Gasteiger partial charge in [0.2, 0.25) is 5.91 Å². The summed E-state index contributed by atoms with van der Waals surface area (Å²) in [7, 11) is 0. The zero-order valence-corrected chi connectivity index (χ0v) is 31.4. The molecule has 4 aromatic carbocycles. The molecule has 1 unspecified atom stereocenters. The van der Waals surface area contributed by atoms with Crippen molar-refractivity contribution in [2.24, 2.45) is 0 Å². The van der Waals surface area contributed by atoms with Crippen LogP contribution >= 0.6 is 0 Å². The van der Waals surface area contributed by atoms with Gasteiger partial charge in [0.25, 0.3) is 11.8 Å². The second-order valence-electron chi connectivity index (χ2n) is 15.4. The first-order valence-corrected chi connectivity index (χ1v) is 19.9. The van der Waals surface area contributed by atoms with Gasteiger partial charge in [-0.3, -0.25) is 19.3 Å². The Morgan fingerprint density at radius 1 is 0.764 bits per heavy atom. The average Bonchev–Trinajstić information content (AvgIpc) is 3.32. The quantitative estimate of drug-likeness (QED) is 0.122. The number of unbranched alkanes of at least 4 members (excludes halogenated alkanes) is 2. The van der Waals surface area contributed by atoms with E-state index in [-0.39, 0.29) is 11.8 Å². The van der Waals surface area contributed by atoms with Crippen LogP contribution < -0.4 is 15.0 Å². The Morgan fingerprint density at radius 2 is 1.58 bits per heavy atom. The van der Waals surface area contributed by atoms with E-state index in [1.807, 2.05) is 24.3 Å². The molecule has 8 rings (SSSR count). The van der Waals surface area contributed by atoms with Crippen molar-refractivity contribution < 1.29 is 24.2 Å². The van der Waals surface area contributed by atoms with Crippen LogP contribution in [-0.2, 0) is 11.2 Å². The van der Waals surface area contributed by atoms with Gasteiger partial charge in [-0.05, 0) is 135 Å². The van der Waals surface area contributed by atoms with E-state index in [0.717, 1.165) is 87.6 Å². The first-order valence-electron chi connectivity index (χ1n) is 19.9. The highest BCUT2D eigenvalue weighted by atomic mass is 16.5. The van der Waals surface area contributed by atoms with E-state index in [0.29, 0.717) is 47.9 Å². The number of nitrogens with zero attached hydrogens (tertiary/aromatic N) is 3. The van der Waals surface area contributed by atoms with Crippen LogP contribution in [0.5, 0.6) is 11.5 Å². The van der Waals surface area contributed by atoms with E-state index in [1.165, 1.54) is 22.3 Å². The number of phenols is 1. The zero-order valence-electron chi connectivity index (χ0n) is 31.4. The number of carbonyl (C=O) groups is 3. The summed E-state index contributed by atoms with van der Waals surface area (Å²) in [4.78, 5) is 45.1. The number of hydrogen-bond acceptors (Lipinski definition) is 7. The van der Waals surface area contributed by atoms with Gasteiger partial charge in [-0.2, -0.15) is 0 Å². The summed E-state index contributed by atoms with van der Waals surface area (Å²) in [6.45, 7) is 9.21. The molecule has 0 spiro atoms. The van der Waals surface area contributed by atoms with Gasteiger partial charge in [0.05, 0.1) is 17.7 Å². The van der Waals surface area contributed by atoms with Crippen LogP contribution in [0.2, 0.25) is 0 Å². The highest BCUT2D eigenvalue weighted by Crippen LogP contribution is 2.47. The van der Waals surface area contributed by atoms with Crippen LogP contribution in [0, 0.1) is 0 Å². The van der Waals surface area contributed by atoms with E-state index >= 15 is 0 Å². The van der Waals surface area contributed by atoms with Gasteiger partial charge in [0, 0.05) is 36.9 Å². The molecule has 0 aromatic heterocycles. The summed E-state index contributed by atoms with van der Waals surface area (Å²) in [5.41, 5.74) is 7.46. The Bertz CT molecular complexity index is 2060. The maximum Gasteiger partial charge on any atom is 0.262 e. The number of amides is 3. The third-order valence-corrected chi connectivity index (χ3v) is 11.9. The van der Waals surface area contributed by atoms with Crippen molar-refractivity contribution in [3.63, 3.8) is 0 Å². The fraction of sp³-hybridized carbons (Fsp3) is 0.370. The van der Waals surface area contributed by atoms with Gasteiger partial charge in [0.15, 0.2) is 0 Å². The SMILES string of the molecule is C=C1CCC(N2C(=O)c3ccc(N4CCCN(CCCCCOc5ccc([C@H]6c7ccc(O)cc7CC[C@H]6c6ccccc6)cc5)CC4)cc3C2=O)C(=O)N1.